The van der Waals surface area contributed by atoms with Crippen molar-refractivity contribution in [3.8, 4) is 5.75 Å². The molecule has 0 aliphatic carbocycles. The molecule has 2 saturated heterocycles. The van der Waals surface area contributed by atoms with Crippen LogP contribution >= 0.6 is 0 Å². The van der Waals surface area contributed by atoms with Gasteiger partial charge in [0.15, 0.2) is 0 Å². The maximum Gasteiger partial charge on any atom is 0.305 e. The van der Waals surface area contributed by atoms with Crippen molar-refractivity contribution in [3.05, 3.63) is 54.4 Å². The Bertz CT molecular complexity index is 886. The van der Waals surface area contributed by atoms with Gasteiger partial charge in [0, 0.05) is 64.1 Å². The predicted octanol–water partition coefficient (Wildman–Crippen LogP) is 3.06. The molecule has 7 nitrogen and oxygen atoms in total. The summed E-state index contributed by atoms with van der Waals surface area (Å²) in [6, 6.07) is 13.0. The topological polar surface area (TPSA) is 58.1 Å². The van der Waals surface area contributed by atoms with Crippen molar-refractivity contribution >= 4 is 11.7 Å². The Balaban J connectivity index is 1.39. The minimum atomic E-state index is -0.110. The molecule has 0 N–H and O–H groups in total. The largest absolute Gasteiger partial charge is 0.495 e. The van der Waals surface area contributed by atoms with Gasteiger partial charge >= 0.3 is 5.97 Å². The van der Waals surface area contributed by atoms with E-state index in [4.69, 9.17) is 9.47 Å². The molecular formula is C26H36N4O3. The number of aromatic nitrogens is 1. The molecule has 0 amide bonds. The lowest BCUT2D eigenvalue weighted by atomic mass is 9.86. The number of esters is 1. The number of carbonyl (C=O) groups is 1. The van der Waals surface area contributed by atoms with E-state index in [9.17, 15) is 4.79 Å². The summed E-state index contributed by atoms with van der Waals surface area (Å²) >= 11 is 0. The zero-order valence-corrected chi connectivity index (χ0v) is 19.9. The first kappa shape index (κ1) is 23.5. The van der Waals surface area contributed by atoms with E-state index in [-0.39, 0.29) is 5.97 Å². The summed E-state index contributed by atoms with van der Waals surface area (Å²) in [7, 11) is 3.22. The number of rotatable bonds is 8. The number of piperidine rings is 1. The third-order valence-electron chi connectivity index (χ3n) is 7.09. The lowest BCUT2D eigenvalue weighted by Gasteiger charge is -2.47. The van der Waals surface area contributed by atoms with Gasteiger partial charge in [-0.05, 0) is 55.1 Å². The maximum absolute atomic E-state index is 11.9. The van der Waals surface area contributed by atoms with E-state index < -0.39 is 0 Å². The van der Waals surface area contributed by atoms with E-state index >= 15 is 0 Å². The Kier molecular flexibility index (Phi) is 8.18. The van der Waals surface area contributed by atoms with Gasteiger partial charge in [-0.1, -0.05) is 12.1 Å². The fourth-order valence-corrected chi connectivity index (χ4v) is 5.34. The Hall–Kier alpha value is -2.64. The van der Waals surface area contributed by atoms with E-state index in [2.05, 4.69) is 43.9 Å². The number of likely N-dealkylation sites (tertiary alicyclic amines) is 1. The van der Waals surface area contributed by atoms with Crippen molar-refractivity contribution in [1.82, 2.24) is 14.8 Å². The summed E-state index contributed by atoms with van der Waals surface area (Å²) in [5.74, 6) is 1.28. The lowest BCUT2D eigenvalue weighted by Crippen LogP contribution is -2.56. The number of para-hydroxylation sites is 2. The molecule has 33 heavy (non-hydrogen) atoms. The van der Waals surface area contributed by atoms with Crippen LogP contribution in [-0.4, -0.2) is 80.3 Å². The molecule has 4 rings (SSSR count). The highest BCUT2D eigenvalue weighted by atomic mass is 16.5. The van der Waals surface area contributed by atoms with Gasteiger partial charge in [-0.25, -0.2) is 0 Å². The van der Waals surface area contributed by atoms with Gasteiger partial charge in [0.05, 0.1) is 19.9 Å². The summed E-state index contributed by atoms with van der Waals surface area (Å²) in [4.78, 5) is 23.6. The number of pyridine rings is 1. The summed E-state index contributed by atoms with van der Waals surface area (Å²) in [5, 5.41) is 0. The van der Waals surface area contributed by atoms with E-state index in [1.165, 1.54) is 18.4 Å². The Labute approximate surface area is 197 Å². The van der Waals surface area contributed by atoms with Crippen LogP contribution in [0.25, 0.3) is 0 Å². The van der Waals surface area contributed by atoms with Crippen molar-refractivity contribution in [2.24, 2.45) is 5.92 Å². The van der Waals surface area contributed by atoms with Crippen molar-refractivity contribution in [3.63, 3.8) is 0 Å². The Morgan fingerprint density at radius 2 is 1.79 bits per heavy atom. The van der Waals surface area contributed by atoms with E-state index in [1.807, 2.05) is 24.5 Å². The number of anilines is 1. The van der Waals surface area contributed by atoms with Crippen LogP contribution in [0.4, 0.5) is 5.69 Å². The number of piperazine rings is 1. The molecule has 0 unspecified atom stereocenters. The Morgan fingerprint density at radius 3 is 2.52 bits per heavy atom. The number of benzene rings is 1. The first-order chi connectivity index (χ1) is 16.2. The standard InChI is InChI=1S/C26H36N4O3/c1-32-25-6-4-3-5-24(25)30-17-15-29(16-18-30)23-11-14-28(19-21-9-12-27-13-10-21)20-22(23)7-8-26(31)33-2/h3-6,9-10,12-13,22-23H,7-8,11,14-20H2,1-2H3/t22-,23+/m1/s1. The number of hydrogen-bond acceptors (Lipinski definition) is 7. The van der Waals surface area contributed by atoms with Crippen LogP contribution in [0.1, 0.15) is 24.8 Å². The number of methoxy groups -OCH3 is 2. The third kappa shape index (κ3) is 6.03. The summed E-state index contributed by atoms with van der Waals surface area (Å²) in [5.41, 5.74) is 2.47. The molecule has 2 fully saturated rings. The van der Waals surface area contributed by atoms with Gasteiger partial charge in [-0.3, -0.25) is 19.6 Å². The highest BCUT2D eigenvalue weighted by molar-refractivity contribution is 5.69. The van der Waals surface area contributed by atoms with Gasteiger partial charge in [0.2, 0.25) is 0 Å². The summed E-state index contributed by atoms with van der Waals surface area (Å²) < 4.78 is 10.5. The van der Waals surface area contributed by atoms with Crippen LogP contribution < -0.4 is 9.64 Å². The fraction of sp³-hybridized carbons (Fsp3) is 0.538. The SMILES string of the molecule is COC(=O)CC[C@@H]1CN(Cc2ccncc2)CC[C@@H]1N1CCN(c2ccccc2OC)CC1. The molecule has 2 aromatic rings. The molecule has 1 aromatic carbocycles. The number of hydrogen-bond donors (Lipinski definition) is 0. The maximum atomic E-state index is 11.9. The predicted molar refractivity (Wildman–Crippen MR) is 129 cm³/mol. The van der Waals surface area contributed by atoms with Gasteiger partial charge < -0.3 is 14.4 Å². The van der Waals surface area contributed by atoms with Crippen LogP contribution in [0.5, 0.6) is 5.75 Å². The first-order valence-corrected chi connectivity index (χ1v) is 12.0. The quantitative estimate of drug-likeness (QED) is 0.571. The van der Waals surface area contributed by atoms with Crippen molar-refractivity contribution in [2.45, 2.75) is 31.8 Å². The molecule has 7 heteroatoms. The van der Waals surface area contributed by atoms with Crippen LogP contribution in [-0.2, 0) is 16.1 Å². The summed E-state index contributed by atoms with van der Waals surface area (Å²) in [6.45, 7) is 7.06. The minimum Gasteiger partial charge on any atom is -0.495 e. The molecule has 3 heterocycles. The fourth-order valence-electron chi connectivity index (χ4n) is 5.34. The monoisotopic (exact) mass is 452 g/mol. The number of ether oxygens (including phenoxy) is 2. The molecule has 0 radical (unpaired) electrons. The molecule has 0 spiro atoms. The van der Waals surface area contributed by atoms with Gasteiger partial charge in [-0.15, -0.1) is 0 Å². The van der Waals surface area contributed by atoms with Crippen LogP contribution in [0.15, 0.2) is 48.8 Å². The van der Waals surface area contributed by atoms with Crippen molar-refractivity contribution < 1.29 is 14.3 Å². The summed E-state index contributed by atoms with van der Waals surface area (Å²) in [6.07, 6.45) is 6.21. The lowest BCUT2D eigenvalue weighted by molar-refractivity contribution is -0.141. The molecule has 0 saturated carbocycles. The van der Waals surface area contributed by atoms with E-state index in [1.54, 1.807) is 7.11 Å². The average molecular weight is 453 g/mol. The highest BCUT2D eigenvalue weighted by Crippen LogP contribution is 2.31. The second kappa shape index (κ2) is 11.5. The van der Waals surface area contributed by atoms with Crippen molar-refractivity contribution in [1.29, 1.82) is 0 Å². The molecule has 2 aliphatic rings. The van der Waals surface area contributed by atoms with Crippen LogP contribution in [0.2, 0.25) is 0 Å². The second-order valence-electron chi connectivity index (χ2n) is 9.02. The van der Waals surface area contributed by atoms with E-state index in [0.29, 0.717) is 18.4 Å². The van der Waals surface area contributed by atoms with Crippen molar-refractivity contribution in [2.75, 3.05) is 58.4 Å². The molecule has 2 aliphatic heterocycles. The first-order valence-electron chi connectivity index (χ1n) is 12.0. The zero-order chi connectivity index (χ0) is 23.0. The van der Waals surface area contributed by atoms with E-state index in [0.717, 1.165) is 64.4 Å². The molecule has 178 valence electrons. The Morgan fingerprint density at radius 1 is 1.03 bits per heavy atom. The average Bonchev–Trinajstić information content (AvgIpc) is 2.88. The van der Waals surface area contributed by atoms with Gasteiger partial charge in [-0.2, -0.15) is 0 Å². The molecular weight excluding hydrogens is 416 g/mol. The smallest absolute Gasteiger partial charge is 0.305 e. The minimum absolute atomic E-state index is 0.110. The number of nitrogens with zero attached hydrogens (tertiary/aromatic N) is 4. The highest BCUT2D eigenvalue weighted by Gasteiger charge is 2.35. The molecule has 0 bridgehead atoms. The van der Waals surface area contributed by atoms with Gasteiger partial charge in [0.25, 0.3) is 0 Å². The second-order valence-corrected chi connectivity index (χ2v) is 9.02. The van der Waals surface area contributed by atoms with Crippen LogP contribution in [0.3, 0.4) is 0 Å². The normalized spacial score (nSPS) is 22.2. The number of carbonyl (C=O) groups excluding carboxylic acids is 1. The molecule has 2 atom stereocenters. The molecule has 1 aromatic heterocycles. The van der Waals surface area contributed by atoms with Crippen LogP contribution in [0, 0.1) is 5.92 Å². The zero-order valence-electron chi connectivity index (χ0n) is 19.9. The van der Waals surface area contributed by atoms with Gasteiger partial charge in [0.1, 0.15) is 5.75 Å². The third-order valence-corrected chi connectivity index (χ3v) is 7.09.